The molecule has 1 saturated heterocycles. The van der Waals surface area contributed by atoms with E-state index >= 15 is 0 Å². The van der Waals surface area contributed by atoms with Gasteiger partial charge in [0.05, 0.1) is 4.88 Å². The average Bonchev–Trinajstić information content (AvgIpc) is 3.46. The van der Waals surface area contributed by atoms with Gasteiger partial charge in [-0.15, -0.1) is 11.3 Å². The zero-order valence-electron chi connectivity index (χ0n) is 16.3. The first kappa shape index (κ1) is 19.4. The smallest absolute Gasteiger partial charge is 0.263 e. The first-order chi connectivity index (χ1) is 14.1. The standard InChI is InChI=1S/C22H23N3O3S/c1-2-15-5-7-16(8-6-15)18-14-20(28-24-18)23-21(26)17-9-11-25(12-10-17)22(27)19-4-3-13-29-19/h3-8,13-14,17H,2,9-12H2,1H3,(H,23,26). The second kappa shape index (κ2) is 8.61. The Labute approximate surface area is 173 Å². The predicted octanol–water partition coefficient (Wildman–Crippen LogP) is 4.46. The largest absolute Gasteiger partial charge is 0.338 e. The molecule has 1 aliphatic heterocycles. The summed E-state index contributed by atoms with van der Waals surface area (Å²) < 4.78 is 5.30. The molecule has 0 unspecified atom stereocenters. The van der Waals surface area contributed by atoms with Crippen molar-refractivity contribution in [2.24, 2.45) is 5.92 Å². The van der Waals surface area contributed by atoms with E-state index in [1.54, 1.807) is 6.07 Å². The molecule has 1 N–H and O–H groups in total. The van der Waals surface area contributed by atoms with Crippen LogP contribution in [0.4, 0.5) is 5.88 Å². The Hall–Kier alpha value is -2.93. The highest BCUT2D eigenvalue weighted by molar-refractivity contribution is 7.12. The van der Waals surface area contributed by atoms with Crippen molar-refractivity contribution in [1.82, 2.24) is 10.1 Å². The van der Waals surface area contributed by atoms with Gasteiger partial charge in [0.2, 0.25) is 11.8 Å². The van der Waals surface area contributed by atoms with Crippen molar-refractivity contribution < 1.29 is 14.1 Å². The summed E-state index contributed by atoms with van der Waals surface area (Å²) in [7, 11) is 0. The van der Waals surface area contributed by atoms with Gasteiger partial charge in [-0.25, -0.2) is 0 Å². The number of hydrogen-bond donors (Lipinski definition) is 1. The molecule has 2 amide bonds. The highest BCUT2D eigenvalue weighted by Crippen LogP contribution is 2.25. The summed E-state index contributed by atoms with van der Waals surface area (Å²) in [6.07, 6.45) is 2.27. The van der Waals surface area contributed by atoms with Crippen LogP contribution in [-0.2, 0) is 11.2 Å². The maximum Gasteiger partial charge on any atom is 0.263 e. The average molecular weight is 410 g/mol. The van der Waals surface area contributed by atoms with E-state index in [2.05, 4.69) is 29.5 Å². The number of piperidine rings is 1. The van der Waals surface area contributed by atoms with Crippen molar-refractivity contribution in [3.05, 3.63) is 58.3 Å². The molecule has 3 heterocycles. The number of aromatic nitrogens is 1. The number of nitrogens with one attached hydrogen (secondary N) is 1. The summed E-state index contributed by atoms with van der Waals surface area (Å²) in [5, 5.41) is 8.79. The molecular weight excluding hydrogens is 386 g/mol. The van der Waals surface area contributed by atoms with E-state index in [0.717, 1.165) is 16.9 Å². The van der Waals surface area contributed by atoms with Gasteiger partial charge in [-0.1, -0.05) is 42.4 Å². The van der Waals surface area contributed by atoms with E-state index in [1.807, 2.05) is 34.5 Å². The molecule has 3 aromatic rings. The van der Waals surface area contributed by atoms with Gasteiger partial charge in [0.25, 0.3) is 5.91 Å². The highest BCUT2D eigenvalue weighted by atomic mass is 32.1. The fourth-order valence-electron chi connectivity index (χ4n) is 3.51. The normalized spacial score (nSPS) is 14.7. The highest BCUT2D eigenvalue weighted by Gasteiger charge is 2.28. The molecule has 150 valence electrons. The number of carbonyl (C=O) groups excluding carboxylic acids is 2. The van der Waals surface area contributed by atoms with Crippen LogP contribution in [0.3, 0.4) is 0 Å². The molecule has 1 aromatic carbocycles. The molecule has 1 aliphatic rings. The fraction of sp³-hybridized carbons (Fsp3) is 0.318. The van der Waals surface area contributed by atoms with Crippen LogP contribution in [0.15, 0.2) is 52.4 Å². The van der Waals surface area contributed by atoms with E-state index in [-0.39, 0.29) is 17.7 Å². The summed E-state index contributed by atoms with van der Waals surface area (Å²) >= 11 is 1.45. The number of carbonyl (C=O) groups is 2. The molecule has 0 bridgehead atoms. The number of rotatable bonds is 5. The maximum atomic E-state index is 12.6. The van der Waals surface area contributed by atoms with Crippen LogP contribution in [0.2, 0.25) is 0 Å². The minimum Gasteiger partial charge on any atom is -0.338 e. The number of likely N-dealkylation sites (tertiary alicyclic amines) is 1. The van der Waals surface area contributed by atoms with Crippen molar-refractivity contribution in [2.45, 2.75) is 26.2 Å². The van der Waals surface area contributed by atoms with Crippen LogP contribution in [0, 0.1) is 5.92 Å². The van der Waals surface area contributed by atoms with Gasteiger partial charge in [-0.2, -0.15) is 0 Å². The van der Waals surface area contributed by atoms with Gasteiger partial charge in [-0.05, 0) is 36.3 Å². The number of aryl methyl sites for hydroxylation is 1. The number of nitrogens with zero attached hydrogens (tertiary/aromatic N) is 2. The number of hydrogen-bond acceptors (Lipinski definition) is 5. The minimum atomic E-state index is -0.139. The van der Waals surface area contributed by atoms with Gasteiger partial charge >= 0.3 is 0 Å². The Balaban J connectivity index is 1.32. The third-order valence-electron chi connectivity index (χ3n) is 5.30. The number of thiophene rings is 1. The molecule has 7 heteroatoms. The van der Waals surface area contributed by atoms with E-state index in [4.69, 9.17) is 4.52 Å². The van der Waals surface area contributed by atoms with Crippen LogP contribution < -0.4 is 5.32 Å². The van der Waals surface area contributed by atoms with Crippen LogP contribution in [0.1, 0.15) is 35.0 Å². The second-order valence-corrected chi connectivity index (χ2v) is 8.11. The summed E-state index contributed by atoms with van der Waals surface area (Å²) in [5.41, 5.74) is 2.90. The number of anilines is 1. The van der Waals surface area contributed by atoms with Gasteiger partial charge in [-0.3, -0.25) is 14.9 Å². The van der Waals surface area contributed by atoms with Crippen LogP contribution in [0.25, 0.3) is 11.3 Å². The number of amides is 2. The maximum absolute atomic E-state index is 12.6. The van der Waals surface area contributed by atoms with E-state index in [9.17, 15) is 9.59 Å². The minimum absolute atomic E-state index is 0.0489. The van der Waals surface area contributed by atoms with Gasteiger partial charge in [0, 0.05) is 30.6 Å². The van der Waals surface area contributed by atoms with Gasteiger partial charge in [0.1, 0.15) is 5.69 Å². The van der Waals surface area contributed by atoms with E-state index in [1.165, 1.54) is 16.9 Å². The second-order valence-electron chi connectivity index (χ2n) is 7.16. The lowest BCUT2D eigenvalue weighted by molar-refractivity contribution is -0.121. The predicted molar refractivity (Wildman–Crippen MR) is 113 cm³/mol. The molecule has 0 saturated carbocycles. The van der Waals surface area contributed by atoms with Gasteiger partial charge < -0.3 is 9.42 Å². The molecular formula is C22H23N3O3S. The van der Waals surface area contributed by atoms with Crippen molar-refractivity contribution >= 4 is 29.0 Å². The SMILES string of the molecule is CCc1ccc(-c2cc(NC(=O)C3CCN(C(=O)c4cccs4)CC3)on2)cc1. The quantitative estimate of drug-likeness (QED) is 0.675. The summed E-state index contributed by atoms with van der Waals surface area (Å²) in [6, 6.07) is 13.6. The summed E-state index contributed by atoms with van der Waals surface area (Å²) in [4.78, 5) is 27.6. The molecule has 0 aliphatic carbocycles. The lowest BCUT2D eigenvalue weighted by atomic mass is 9.96. The van der Waals surface area contributed by atoms with Gasteiger partial charge in [0.15, 0.2) is 0 Å². The van der Waals surface area contributed by atoms with Crippen LogP contribution in [0.5, 0.6) is 0 Å². The Morgan fingerprint density at radius 1 is 1.21 bits per heavy atom. The molecule has 2 aromatic heterocycles. The van der Waals surface area contributed by atoms with Crippen LogP contribution in [-0.4, -0.2) is 35.0 Å². The zero-order valence-corrected chi connectivity index (χ0v) is 17.1. The molecule has 1 fully saturated rings. The van der Waals surface area contributed by atoms with Crippen molar-refractivity contribution in [1.29, 1.82) is 0 Å². The van der Waals surface area contributed by atoms with Crippen molar-refractivity contribution in [3.63, 3.8) is 0 Å². The third kappa shape index (κ3) is 4.40. The fourth-order valence-corrected chi connectivity index (χ4v) is 4.20. The Morgan fingerprint density at radius 3 is 2.62 bits per heavy atom. The monoisotopic (exact) mass is 409 g/mol. The van der Waals surface area contributed by atoms with Crippen molar-refractivity contribution in [2.75, 3.05) is 18.4 Å². The number of benzene rings is 1. The Bertz CT molecular complexity index is 971. The first-order valence-corrected chi connectivity index (χ1v) is 10.7. The summed E-state index contributed by atoms with van der Waals surface area (Å²) in [6.45, 7) is 3.28. The van der Waals surface area contributed by atoms with Crippen molar-refractivity contribution in [3.8, 4) is 11.3 Å². The molecule has 0 atom stereocenters. The third-order valence-corrected chi connectivity index (χ3v) is 6.16. The van der Waals surface area contributed by atoms with E-state index < -0.39 is 0 Å². The lowest BCUT2D eigenvalue weighted by Gasteiger charge is -2.30. The molecule has 6 nitrogen and oxygen atoms in total. The van der Waals surface area contributed by atoms with Crippen LogP contribution >= 0.6 is 11.3 Å². The summed E-state index contributed by atoms with van der Waals surface area (Å²) in [5.74, 6) is 0.173. The molecule has 4 rings (SSSR count). The molecule has 29 heavy (non-hydrogen) atoms. The Morgan fingerprint density at radius 2 is 1.97 bits per heavy atom. The molecule has 0 spiro atoms. The first-order valence-electron chi connectivity index (χ1n) is 9.83. The topological polar surface area (TPSA) is 75.4 Å². The lowest BCUT2D eigenvalue weighted by Crippen LogP contribution is -2.41. The zero-order chi connectivity index (χ0) is 20.2. The van der Waals surface area contributed by atoms with E-state index in [0.29, 0.717) is 37.5 Å². The Kier molecular flexibility index (Phi) is 5.76. The molecule has 0 radical (unpaired) electrons.